The molecule has 4 nitrogen and oxygen atoms in total. The van der Waals surface area contributed by atoms with E-state index in [-0.39, 0.29) is 11.7 Å². The standard InChI is InChI=1S/C7H9NO3/c1-3-10-7-6(5(2)9)4-8-11-7/h4H,3H2,1-2H3. The fourth-order valence-corrected chi connectivity index (χ4v) is 0.699. The second-order valence-corrected chi connectivity index (χ2v) is 2.02. The molecule has 0 radical (unpaired) electrons. The van der Waals surface area contributed by atoms with Crippen LogP contribution in [0.1, 0.15) is 24.2 Å². The van der Waals surface area contributed by atoms with Gasteiger partial charge in [-0.25, -0.2) is 0 Å². The third kappa shape index (κ3) is 1.58. The van der Waals surface area contributed by atoms with Crippen molar-refractivity contribution in [2.75, 3.05) is 6.61 Å². The molecule has 0 unspecified atom stereocenters. The Morgan fingerprint density at radius 2 is 2.55 bits per heavy atom. The summed E-state index contributed by atoms with van der Waals surface area (Å²) in [5.41, 5.74) is 0.395. The largest absolute Gasteiger partial charge is 0.464 e. The molecule has 1 aromatic rings. The number of hydrogen-bond donors (Lipinski definition) is 0. The van der Waals surface area contributed by atoms with Gasteiger partial charge in [0.15, 0.2) is 5.78 Å². The number of Topliss-reactive ketones (excluding diaryl/α,β-unsaturated/α-hetero) is 1. The molecule has 0 saturated carbocycles. The zero-order valence-electron chi connectivity index (χ0n) is 6.46. The van der Waals surface area contributed by atoms with Crippen LogP contribution in [-0.4, -0.2) is 17.5 Å². The number of nitrogens with zero attached hydrogens (tertiary/aromatic N) is 1. The fraction of sp³-hybridized carbons (Fsp3) is 0.429. The van der Waals surface area contributed by atoms with Crippen molar-refractivity contribution in [3.8, 4) is 5.95 Å². The summed E-state index contributed by atoms with van der Waals surface area (Å²) in [6, 6.07) is 0. The second kappa shape index (κ2) is 3.18. The van der Waals surface area contributed by atoms with Crippen LogP contribution in [0.2, 0.25) is 0 Å². The van der Waals surface area contributed by atoms with Gasteiger partial charge in [0, 0.05) is 0 Å². The Balaban J connectivity index is 2.87. The highest BCUT2D eigenvalue weighted by atomic mass is 16.6. The Labute approximate surface area is 64.1 Å². The number of carbonyl (C=O) groups is 1. The van der Waals surface area contributed by atoms with Crippen molar-refractivity contribution in [2.24, 2.45) is 0 Å². The normalized spacial score (nSPS) is 9.64. The first kappa shape index (κ1) is 7.78. The zero-order valence-corrected chi connectivity index (χ0v) is 6.46. The first-order valence-corrected chi connectivity index (χ1v) is 3.34. The summed E-state index contributed by atoms with van der Waals surface area (Å²) in [5.74, 6) is 0.106. The van der Waals surface area contributed by atoms with Gasteiger partial charge in [-0.2, -0.15) is 0 Å². The SMILES string of the molecule is CCOc1oncc1C(C)=O. The number of ketones is 1. The van der Waals surface area contributed by atoms with Crippen LogP contribution in [0.4, 0.5) is 0 Å². The van der Waals surface area contributed by atoms with E-state index in [0.717, 1.165) is 0 Å². The highest BCUT2D eigenvalue weighted by Gasteiger charge is 2.12. The highest BCUT2D eigenvalue weighted by Crippen LogP contribution is 2.17. The van der Waals surface area contributed by atoms with E-state index in [1.807, 2.05) is 6.92 Å². The van der Waals surface area contributed by atoms with E-state index in [4.69, 9.17) is 4.74 Å². The summed E-state index contributed by atoms with van der Waals surface area (Å²) < 4.78 is 9.66. The second-order valence-electron chi connectivity index (χ2n) is 2.02. The quantitative estimate of drug-likeness (QED) is 0.617. The lowest BCUT2D eigenvalue weighted by molar-refractivity contribution is 0.101. The molecule has 0 amide bonds. The van der Waals surface area contributed by atoms with Crippen molar-refractivity contribution >= 4 is 5.78 Å². The van der Waals surface area contributed by atoms with Gasteiger partial charge in [0.2, 0.25) is 0 Å². The van der Waals surface area contributed by atoms with Crippen molar-refractivity contribution in [1.29, 1.82) is 0 Å². The zero-order chi connectivity index (χ0) is 8.27. The predicted octanol–water partition coefficient (Wildman–Crippen LogP) is 1.28. The summed E-state index contributed by atoms with van der Waals surface area (Å²) in [4.78, 5) is 10.8. The number of rotatable bonds is 3. The number of aromatic nitrogens is 1. The topological polar surface area (TPSA) is 52.3 Å². The molecule has 0 aliphatic heterocycles. The van der Waals surface area contributed by atoms with Gasteiger partial charge in [-0.3, -0.25) is 4.79 Å². The molecule has 0 aliphatic rings. The van der Waals surface area contributed by atoms with E-state index < -0.39 is 0 Å². The van der Waals surface area contributed by atoms with E-state index in [1.165, 1.54) is 13.1 Å². The van der Waals surface area contributed by atoms with Crippen LogP contribution < -0.4 is 4.74 Å². The van der Waals surface area contributed by atoms with Gasteiger partial charge in [0.1, 0.15) is 5.56 Å². The van der Waals surface area contributed by atoms with Crippen molar-refractivity contribution < 1.29 is 14.1 Å². The van der Waals surface area contributed by atoms with Crippen LogP contribution in [0.3, 0.4) is 0 Å². The molecule has 4 heteroatoms. The maximum Gasteiger partial charge on any atom is 0.322 e. The van der Waals surface area contributed by atoms with E-state index in [1.54, 1.807) is 0 Å². The first-order chi connectivity index (χ1) is 5.25. The van der Waals surface area contributed by atoms with E-state index in [0.29, 0.717) is 12.2 Å². The molecule has 0 spiro atoms. The minimum absolute atomic E-state index is 0.102. The molecule has 0 fully saturated rings. The first-order valence-electron chi connectivity index (χ1n) is 3.34. The van der Waals surface area contributed by atoms with Gasteiger partial charge in [-0.05, 0) is 13.8 Å². The minimum atomic E-state index is -0.102. The Bertz CT molecular complexity index is 254. The molecule has 0 aliphatic carbocycles. The van der Waals surface area contributed by atoms with Crippen LogP contribution in [0, 0.1) is 0 Å². The summed E-state index contributed by atoms with van der Waals surface area (Å²) in [7, 11) is 0. The van der Waals surface area contributed by atoms with Gasteiger partial charge in [0.25, 0.3) is 0 Å². The molecule has 1 aromatic heterocycles. The average Bonchev–Trinajstić information content (AvgIpc) is 2.36. The number of carbonyl (C=O) groups excluding carboxylic acids is 1. The Hall–Kier alpha value is -1.32. The summed E-state index contributed by atoms with van der Waals surface area (Å²) in [6.45, 7) is 3.72. The van der Waals surface area contributed by atoms with E-state index in [9.17, 15) is 4.79 Å². The van der Waals surface area contributed by atoms with E-state index >= 15 is 0 Å². The molecule has 11 heavy (non-hydrogen) atoms. The molecule has 0 aromatic carbocycles. The maximum atomic E-state index is 10.8. The van der Waals surface area contributed by atoms with Gasteiger partial charge < -0.3 is 9.26 Å². The summed E-state index contributed by atoms with van der Waals surface area (Å²) >= 11 is 0. The van der Waals surface area contributed by atoms with Crippen molar-refractivity contribution in [3.63, 3.8) is 0 Å². The molecule has 0 N–H and O–H groups in total. The van der Waals surface area contributed by atoms with E-state index in [2.05, 4.69) is 9.68 Å². The minimum Gasteiger partial charge on any atom is -0.464 e. The third-order valence-electron chi connectivity index (χ3n) is 1.19. The Morgan fingerprint density at radius 3 is 3.09 bits per heavy atom. The molecule has 0 atom stereocenters. The number of hydrogen-bond acceptors (Lipinski definition) is 4. The Morgan fingerprint density at radius 1 is 1.82 bits per heavy atom. The van der Waals surface area contributed by atoms with Crippen molar-refractivity contribution in [2.45, 2.75) is 13.8 Å². The third-order valence-corrected chi connectivity index (χ3v) is 1.19. The number of ether oxygens (including phenoxy) is 1. The van der Waals surface area contributed by atoms with Gasteiger partial charge in [-0.15, -0.1) is 0 Å². The average molecular weight is 155 g/mol. The van der Waals surface area contributed by atoms with Crippen LogP contribution in [0.25, 0.3) is 0 Å². The Kier molecular flexibility index (Phi) is 2.25. The van der Waals surface area contributed by atoms with Crippen LogP contribution >= 0.6 is 0 Å². The van der Waals surface area contributed by atoms with Crippen molar-refractivity contribution in [1.82, 2.24) is 5.16 Å². The molecule has 1 heterocycles. The predicted molar refractivity (Wildman–Crippen MR) is 37.7 cm³/mol. The lowest BCUT2D eigenvalue weighted by Crippen LogP contribution is -1.96. The van der Waals surface area contributed by atoms with Crippen molar-refractivity contribution in [3.05, 3.63) is 11.8 Å². The fourth-order valence-electron chi connectivity index (χ4n) is 0.699. The van der Waals surface area contributed by atoms with Gasteiger partial charge in [-0.1, -0.05) is 5.16 Å². The van der Waals surface area contributed by atoms with Gasteiger partial charge >= 0.3 is 5.95 Å². The molecule has 1 rings (SSSR count). The van der Waals surface area contributed by atoms with Crippen LogP contribution in [0.15, 0.2) is 10.7 Å². The molecular formula is C7H9NO3. The monoisotopic (exact) mass is 155 g/mol. The van der Waals surface area contributed by atoms with Gasteiger partial charge in [0.05, 0.1) is 12.8 Å². The lowest BCUT2D eigenvalue weighted by Gasteiger charge is -1.96. The lowest BCUT2D eigenvalue weighted by atomic mass is 10.2. The molecule has 0 saturated heterocycles. The van der Waals surface area contributed by atoms with Crippen LogP contribution in [0.5, 0.6) is 5.95 Å². The summed E-state index contributed by atoms with van der Waals surface area (Å²) in [5, 5.41) is 3.44. The summed E-state index contributed by atoms with van der Waals surface area (Å²) in [6.07, 6.45) is 1.35. The molecule has 0 bridgehead atoms. The smallest absolute Gasteiger partial charge is 0.322 e. The molecule has 60 valence electrons. The highest BCUT2D eigenvalue weighted by molar-refractivity contribution is 5.95. The van der Waals surface area contributed by atoms with Crippen LogP contribution in [-0.2, 0) is 0 Å². The molecular weight excluding hydrogens is 146 g/mol. The maximum absolute atomic E-state index is 10.8.